The molecule has 0 amide bonds. The first kappa shape index (κ1) is 19.4. The lowest BCUT2D eigenvalue weighted by molar-refractivity contribution is 0.101. The van der Waals surface area contributed by atoms with Crippen LogP contribution >= 0.6 is 23.4 Å². The number of nitrogens with one attached hydrogen (secondary N) is 1. The van der Waals surface area contributed by atoms with Gasteiger partial charge < -0.3 is 9.55 Å². The Bertz CT molecular complexity index is 1040. The van der Waals surface area contributed by atoms with Crippen LogP contribution in [0.15, 0.2) is 29.4 Å². The second-order valence-corrected chi connectivity index (χ2v) is 7.59. The molecule has 27 heavy (non-hydrogen) atoms. The molecule has 2 heterocycles. The number of H-pyrrole nitrogens is 1. The summed E-state index contributed by atoms with van der Waals surface area (Å²) in [6, 6.07) is 7.41. The smallest absolute Gasteiger partial charge is 0.191 e. The van der Waals surface area contributed by atoms with Gasteiger partial charge in [-0.1, -0.05) is 35.5 Å². The van der Waals surface area contributed by atoms with E-state index in [0.29, 0.717) is 38.5 Å². The minimum absolute atomic E-state index is 0.0503. The summed E-state index contributed by atoms with van der Waals surface area (Å²) in [6.45, 7) is 5.09. The molecule has 0 aliphatic rings. The van der Waals surface area contributed by atoms with Crippen LogP contribution in [0.2, 0.25) is 5.02 Å². The molecule has 0 aliphatic carbocycles. The standard InChI is InChI=1S/C19H19ClN4O2S/c1-10-16(12(3)25)11(2)21-17(10)15(26)9-27-19-23-22-18(24(19)4)13-7-5-6-8-14(13)20/h5-8,21H,9H2,1-4H3. The summed E-state index contributed by atoms with van der Waals surface area (Å²) < 4.78 is 1.81. The zero-order valence-electron chi connectivity index (χ0n) is 15.5. The third kappa shape index (κ3) is 3.70. The summed E-state index contributed by atoms with van der Waals surface area (Å²) in [7, 11) is 1.84. The molecule has 0 fully saturated rings. The van der Waals surface area contributed by atoms with Crippen LogP contribution in [-0.2, 0) is 7.05 Å². The molecular weight excluding hydrogens is 384 g/mol. The molecule has 2 aromatic heterocycles. The Hall–Kier alpha value is -2.38. The first-order valence-corrected chi connectivity index (χ1v) is 9.68. The van der Waals surface area contributed by atoms with Gasteiger partial charge in [0.15, 0.2) is 22.5 Å². The fourth-order valence-corrected chi connectivity index (χ4v) is 4.08. The van der Waals surface area contributed by atoms with Crippen molar-refractivity contribution in [2.24, 2.45) is 7.05 Å². The molecule has 0 bridgehead atoms. The van der Waals surface area contributed by atoms with Crippen LogP contribution in [0.4, 0.5) is 0 Å². The molecule has 0 radical (unpaired) electrons. The van der Waals surface area contributed by atoms with Crippen molar-refractivity contribution in [1.29, 1.82) is 0 Å². The summed E-state index contributed by atoms with van der Waals surface area (Å²) in [5.41, 5.74) is 3.25. The lowest BCUT2D eigenvalue weighted by Gasteiger charge is -2.05. The van der Waals surface area contributed by atoms with Crippen LogP contribution < -0.4 is 0 Å². The quantitative estimate of drug-likeness (QED) is 0.492. The first-order valence-electron chi connectivity index (χ1n) is 8.31. The highest BCUT2D eigenvalue weighted by molar-refractivity contribution is 7.99. The van der Waals surface area contributed by atoms with Crippen molar-refractivity contribution in [2.45, 2.75) is 25.9 Å². The summed E-state index contributed by atoms with van der Waals surface area (Å²) >= 11 is 7.53. The van der Waals surface area contributed by atoms with Crippen LogP contribution in [0, 0.1) is 13.8 Å². The Balaban J connectivity index is 1.79. The van der Waals surface area contributed by atoms with E-state index in [1.807, 2.05) is 29.8 Å². The van der Waals surface area contributed by atoms with E-state index in [9.17, 15) is 9.59 Å². The van der Waals surface area contributed by atoms with Crippen molar-refractivity contribution < 1.29 is 9.59 Å². The first-order chi connectivity index (χ1) is 12.8. The summed E-state index contributed by atoms with van der Waals surface area (Å²) in [5.74, 6) is 0.689. The molecule has 0 saturated heterocycles. The number of nitrogens with zero attached hydrogens (tertiary/aromatic N) is 3. The summed E-state index contributed by atoms with van der Waals surface area (Å²) in [6.07, 6.45) is 0. The highest BCUT2D eigenvalue weighted by Crippen LogP contribution is 2.29. The number of ketones is 2. The zero-order valence-corrected chi connectivity index (χ0v) is 17.0. The molecule has 3 rings (SSSR count). The third-order valence-electron chi connectivity index (χ3n) is 4.35. The molecular formula is C19H19ClN4O2S. The van der Waals surface area contributed by atoms with Gasteiger partial charge in [0.05, 0.1) is 16.5 Å². The number of halogens is 1. The van der Waals surface area contributed by atoms with Gasteiger partial charge in [0.25, 0.3) is 0 Å². The van der Waals surface area contributed by atoms with Crippen molar-refractivity contribution >= 4 is 34.9 Å². The fraction of sp³-hybridized carbons (Fsp3) is 0.263. The minimum atomic E-state index is -0.0876. The number of hydrogen-bond acceptors (Lipinski definition) is 5. The summed E-state index contributed by atoms with van der Waals surface area (Å²) in [4.78, 5) is 27.4. The molecule has 140 valence electrons. The van der Waals surface area contributed by atoms with E-state index in [2.05, 4.69) is 15.2 Å². The minimum Gasteiger partial charge on any atom is -0.355 e. The normalized spacial score (nSPS) is 11.0. The van der Waals surface area contributed by atoms with Gasteiger partial charge in [-0.05, 0) is 38.5 Å². The van der Waals surface area contributed by atoms with E-state index < -0.39 is 0 Å². The average Bonchev–Trinajstić information content (AvgIpc) is 3.12. The Morgan fingerprint density at radius 1 is 1.22 bits per heavy atom. The second-order valence-electron chi connectivity index (χ2n) is 6.24. The van der Waals surface area contributed by atoms with Gasteiger partial charge >= 0.3 is 0 Å². The van der Waals surface area contributed by atoms with Crippen LogP contribution in [0.1, 0.15) is 39.0 Å². The van der Waals surface area contributed by atoms with Crippen LogP contribution in [0.3, 0.4) is 0 Å². The van der Waals surface area contributed by atoms with Gasteiger partial charge in [-0.3, -0.25) is 9.59 Å². The number of carbonyl (C=O) groups is 2. The zero-order chi connectivity index (χ0) is 19.7. The molecule has 6 nitrogen and oxygen atoms in total. The number of aryl methyl sites for hydroxylation is 1. The van der Waals surface area contributed by atoms with Crippen LogP contribution in [-0.4, -0.2) is 37.1 Å². The molecule has 0 saturated carbocycles. The Kier molecular flexibility index (Phi) is 5.53. The Morgan fingerprint density at radius 2 is 1.93 bits per heavy atom. The highest BCUT2D eigenvalue weighted by atomic mass is 35.5. The fourth-order valence-electron chi connectivity index (χ4n) is 3.08. The van der Waals surface area contributed by atoms with Crippen molar-refractivity contribution in [1.82, 2.24) is 19.7 Å². The molecule has 3 aromatic rings. The van der Waals surface area contributed by atoms with Gasteiger partial charge in [0.2, 0.25) is 0 Å². The summed E-state index contributed by atoms with van der Waals surface area (Å²) in [5, 5.41) is 9.58. The van der Waals surface area contributed by atoms with Gasteiger partial charge in [-0.2, -0.15) is 0 Å². The molecule has 0 spiro atoms. The van der Waals surface area contributed by atoms with E-state index in [-0.39, 0.29) is 17.3 Å². The molecule has 0 aliphatic heterocycles. The Labute approximate surface area is 166 Å². The molecule has 8 heteroatoms. The lowest BCUT2D eigenvalue weighted by Crippen LogP contribution is -2.06. The van der Waals surface area contributed by atoms with Crippen molar-refractivity contribution in [3.05, 3.63) is 51.8 Å². The van der Waals surface area contributed by atoms with Crippen LogP contribution in [0.5, 0.6) is 0 Å². The highest BCUT2D eigenvalue weighted by Gasteiger charge is 2.21. The molecule has 1 aromatic carbocycles. The van der Waals surface area contributed by atoms with E-state index in [1.165, 1.54) is 18.7 Å². The number of aromatic amines is 1. The predicted molar refractivity (Wildman–Crippen MR) is 107 cm³/mol. The SMILES string of the molecule is CC(=O)c1c(C)[nH]c(C(=O)CSc2nnc(-c3ccccc3Cl)n2C)c1C. The van der Waals surface area contributed by atoms with Crippen molar-refractivity contribution in [2.75, 3.05) is 5.75 Å². The number of Topliss-reactive ketones (excluding diaryl/α,β-unsaturated/α-hetero) is 2. The number of carbonyl (C=O) groups excluding carboxylic acids is 2. The third-order valence-corrected chi connectivity index (χ3v) is 5.70. The van der Waals surface area contributed by atoms with Gasteiger partial charge in [0, 0.05) is 23.9 Å². The molecule has 0 unspecified atom stereocenters. The number of thioether (sulfide) groups is 1. The Morgan fingerprint density at radius 3 is 2.56 bits per heavy atom. The maximum atomic E-state index is 12.6. The van der Waals surface area contributed by atoms with E-state index >= 15 is 0 Å². The lowest BCUT2D eigenvalue weighted by atomic mass is 10.1. The predicted octanol–water partition coefficient (Wildman–Crippen LogP) is 4.26. The van der Waals surface area contributed by atoms with E-state index in [0.717, 1.165) is 5.56 Å². The number of hydrogen-bond donors (Lipinski definition) is 1. The number of aromatic nitrogens is 4. The second kappa shape index (κ2) is 7.70. The monoisotopic (exact) mass is 402 g/mol. The van der Waals surface area contributed by atoms with Gasteiger partial charge in [-0.25, -0.2) is 0 Å². The van der Waals surface area contributed by atoms with Gasteiger partial charge in [-0.15, -0.1) is 10.2 Å². The maximum Gasteiger partial charge on any atom is 0.191 e. The van der Waals surface area contributed by atoms with Crippen molar-refractivity contribution in [3.63, 3.8) is 0 Å². The molecule has 1 N–H and O–H groups in total. The number of rotatable bonds is 6. The van der Waals surface area contributed by atoms with E-state index in [4.69, 9.17) is 11.6 Å². The topological polar surface area (TPSA) is 80.6 Å². The van der Waals surface area contributed by atoms with E-state index in [1.54, 1.807) is 19.9 Å². The molecule has 0 atom stereocenters. The maximum absolute atomic E-state index is 12.6. The average molecular weight is 403 g/mol. The number of benzene rings is 1. The van der Waals surface area contributed by atoms with Gasteiger partial charge in [0.1, 0.15) is 0 Å². The largest absolute Gasteiger partial charge is 0.355 e. The van der Waals surface area contributed by atoms with Crippen LogP contribution in [0.25, 0.3) is 11.4 Å². The van der Waals surface area contributed by atoms with Crippen molar-refractivity contribution in [3.8, 4) is 11.4 Å².